The minimum absolute atomic E-state index is 0.0347. The molecule has 2 heterocycles. The van der Waals surface area contributed by atoms with Crippen LogP contribution in [0.2, 0.25) is 5.02 Å². The van der Waals surface area contributed by atoms with E-state index in [1.54, 1.807) is 6.07 Å². The maximum Gasteiger partial charge on any atom is 0.267 e. The number of halogens is 1. The van der Waals surface area contributed by atoms with E-state index in [1.807, 2.05) is 23.9 Å². The number of hydrogen-bond donors (Lipinski definition) is 2. The Morgan fingerprint density at radius 1 is 1.19 bits per heavy atom. The normalized spacial score (nSPS) is 20.0. The molecule has 2 aromatic rings. The second-order valence-electron chi connectivity index (χ2n) is 7.14. The maximum atomic E-state index is 12.0. The molecule has 2 N–H and O–H groups in total. The van der Waals surface area contributed by atoms with Crippen LogP contribution >= 0.6 is 23.4 Å². The summed E-state index contributed by atoms with van der Waals surface area (Å²) in [6.07, 6.45) is 5.91. The van der Waals surface area contributed by atoms with Crippen molar-refractivity contribution >= 4 is 34.8 Å². The van der Waals surface area contributed by atoms with E-state index in [0.717, 1.165) is 22.8 Å². The lowest BCUT2D eigenvalue weighted by atomic mass is 9.97. The molecule has 0 spiro atoms. The molecule has 6 heteroatoms. The van der Waals surface area contributed by atoms with E-state index in [9.17, 15) is 9.59 Å². The fourth-order valence-corrected chi connectivity index (χ4v) is 4.47. The van der Waals surface area contributed by atoms with Crippen LogP contribution in [0.4, 0.5) is 0 Å². The Hall–Kier alpha value is -1.98. The third-order valence-electron chi connectivity index (χ3n) is 4.85. The number of amides is 1. The second-order valence-corrected chi connectivity index (χ2v) is 8.89. The molecular weight excluding hydrogens is 380 g/mol. The molecular formula is C21H21ClN2O2S. The van der Waals surface area contributed by atoms with Gasteiger partial charge in [0.2, 0.25) is 5.91 Å². The second kappa shape index (κ2) is 7.56. The highest BCUT2D eigenvalue weighted by Crippen LogP contribution is 2.41. The first-order valence-electron chi connectivity index (χ1n) is 9.17. The minimum atomic E-state index is -0.312. The lowest BCUT2D eigenvalue weighted by Crippen LogP contribution is -2.23. The third-order valence-corrected chi connectivity index (χ3v) is 6.67. The number of nitrogens with one attached hydrogen (secondary N) is 2. The molecule has 27 heavy (non-hydrogen) atoms. The average molecular weight is 401 g/mol. The standard InChI is InChI=1S/C21H21ClN2O2S/c1-12-10-13(2-8-19(12)27-15-4-5-15)16(11-14-3-9-20(25)23-14)18-7-6-17(22)21(26)24-18/h2,6-8,10-11,14-15H,3-5,9H2,1H3,(H,23,25)(H,24,26)/b16-11+/t14-/m1/s1. The number of benzene rings is 1. The van der Waals surface area contributed by atoms with Gasteiger partial charge in [-0.3, -0.25) is 9.59 Å². The van der Waals surface area contributed by atoms with Crippen LogP contribution in [0.25, 0.3) is 5.57 Å². The number of pyridine rings is 1. The van der Waals surface area contributed by atoms with Crippen LogP contribution in [0, 0.1) is 6.92 Å². The van der Waals surface area contributed by atoms with Crippen molar-refractivity contribution in [1.29, 1.82) is 0 Å². The predicted octanol–water partition coefficient (Wildman–Crippen LogP) is 4.30. The van der Waals surface area contributed by atoms with Crippen molar-refractivity contribution in [2.45, 2.75) is 48.8 Å². The molecule has 1 amide bonds. The molecule has 2 fully saturated rings. The van der Waals surface area contributed by atoms with E-state index in [-0.39, 0.29) is 22.5 Å². The number of aryl methyl sites for hydroxylation is 1. The van der Waals surface area contributed by atoms with Crippen molar-refractivity contribution < 1.29 is 4.79 Å². The Labute approximate surface area is 167 Å². The number of aromatic nitrogens is 1. The van der Waals surface area contributed by atoms with Crippen LogP contribution in [0.5, 0.6) is 0 Å². The van der Waals surface area contributed by atoms with Crippen LogP contribution in [0.1, 0.15) is 42.5 Å². The van der Waals surface area contributed by atoms with Gasteiger partial charge in [0.15, 0.2) is 0 Å². The average Bonchev–Trinajstić information content (AvgIpc) is 3.37. The molecule has 1 aromatic carbocycles. The quantitative estimate of drug-likeness (QED) is 0.786. The van der Waals surface area contributed by atoms with E-state index in [4.69, 9.17) is 11.6 Å². The van der Waals surface area contributed by atoms with Crippen molar-refractivity contribution in [2.75, 3.05) is 0 Å². The highest BCUT2D eigenvalue weighted by Gasteiger charge is 2.24. The molecule has 1 atom stereocenters. The molecule has 1 saturated heterocycles. The van der Waals surface area contributed by atoms with Gasteiger partial charge < -0.3 is 10.3 Å². The lowest BCUT2D eigenvalue weighted by Gasteiger charge is -2.14. The SMILES string of the molecule is Cc1cc(/C(=C\[C@H]2CCC(=O)N2)c2ccc(Cl)c(=O)[nH]2)ccc1SC1CC1. The minimum Gasteiger partial charge on any atom is -0.350 e. The van der Waals surface area contributed by atoms with Crippen LogP contribution in [-0.4, -0.2) is 22.2 Å². The zero-order valence-corrected chi connectivity index (χ0v) is 16.6. The van der Waals surface area contributed by atoms with Crippen molar-refractivity contribution in [3.8, 4) is 0 Å². The maximum absolute atomic E-state index is 12.0. The fourth-order valence-electron chi connectivity index (χ4n) is 3.23. The van der Waals surface area contributed by atoms with Gasteiger partial charge in [-0.1, -0.05) is 29.8 Å². The van der Waals surface area contributed by atoms with Crippen molar-refractivity contribution in [3.05, 3.63) is 68.6 Å². The van der Waals surface area contributed by atoms with Gasteiger partial charge in [-0.15, -0.1) is 11.8 Å². The van der Waals surface area contributed by atoms with Crippen LogP contribution < -0.4 is 10.9 Å². The topological polar surface area (TPSA) is 62.0 Å². The molecule has 140 valence electrons. The van der Waals surface area contributed by atoms with E-state index in [1.165, 1.54) is 23.3 Å². The van der Waals surface area contributed by atoms with Gasteiger partial charge in [-0.2, -0.15) is 0 Å². The number of rotatable bonds is 5. The molecule has 0 unspecified atom stereocenters. The van der Waals surface area contributed by atoms with Crippen molar-refractivity contribution in [3.63, 3.8) is 0 Å². The third kappa shape index (κ3) is 4.30. The Bertz CT molecular complexity index is 978. The Kier molecular flexibility index (Phi) is 5.15. The van der Waals surface area contributed by atoms with Crippen molar-refractivity contribution in [1.82, 2.24) is 10.3 Å². The van der Waals surface area contributed by atoms with Gasteiger partial charge in [0.25, 0.3) is 5.56 Å². The van der Waals surface area contributed by atoms with Crippen LogP contribution in [0.15, 0.2) is 46.1 Å². The summed E-state index contributed by atoms with van der Waals surface area (Å²) in [4.78, 5) is 27.8. The fraction of sp³-hybridized carbons (Fsp3) is 0.333. The van der Waals surface area contributed by atoms with Gasteiger partial charge in [-0.05, 0) is 55.5 Å². The first-order valence-corrected chi connectivity index (χ1v) is 10.4. The van der Waals surface area contributed by atoms with Crippen molar-refractivity contribution in [2.24, 2.45) is 0 Å². The Morgan fingerprint density at radius 3 is 2.63 bits per heavy atom. The molecule has 0 radical (unpaired) electrons. The summed E-state index contributed by atoms with van der Waals surface area (Å²) in [5.74, 6) is 0.0626. The molecule has 4 nitrogen and oxygen atoms in total. The van der Waals surface area contributed by atoms with E-state index in [2.05, 4.69) is 35.4 Å². The molecule has 4 rings (SSSR count). The number of carbonyl (C=O) groups is 1. The monoisotopic (exact) mass is 400 g/mol. The van der Waals surface area contributed by atoms with Crippen LogP contribution in [0.3, 0.4) is 0 Å². The van der Waals surface area contributed by atoms with Gasteiger partial charge in [-0.25, -0.2) is 0 Å². The first kappa shape index (κ1) is 18.4. The summed E-state index contributed by atoms with van der Waals surface area (Å²) in [5, 5.41) is 3.89. The molecule has 2 aliphatic rings. The smallest absolute Gasteiger partial charge is 0.267 e. The summed E-state index contributed by atoms with van der Waals surface area (Å²) < 4.78 is 0. The highest BCUT2D eigenvalue weighted by atomic mass is 35.5. The molecule has 1 aliphatic heterocycles. The molecule has 1 aliphatic carbocycles. The first-order chi connectivity index (χ1) is 13.0. The zero-order valence-electron chi connectivity index (χ0n) is 15.0. The Balaban J connectivity index is 1.73. The van der Waals surface area contributed by atoms with Gasteiger partial charge in [0, 0.05) is 33.9 Å². The number of aromatic amines is 1. The lowest BCUT2D eigenvalue weighted by molar-refractivity contribution is -0.119. The number of carbonyl (C=O) groups excluding carboxylic acids is 1. The van der Waals surface area contributed by atoms with E-state index < -0.39 is 0 Å². The van der Waals surface area contributed by atoms with E-state index in [0.29, 0.717) is 12.1 Å². The summed E-state index contributed by atoms with van der Waals surface area (Å²) in [5.41, 5.74) is 3.54. The predicted molar refractivity (Wildman–Crippen MR) is 110 cm³/mol. The summed E-state index contributed by atoms with van der Waals surface area (Å²) >= 11 is 7.84. The summed E-state index contributed by atoms with van der Waals surface area (Å²) in [7, 11) is 0. The zero-order chi connectivity index (χ0) is 19.0. The van der Waals surface area contributed by atoms with Gasteiger partial charge in [0.05, 0.1) is 0 Å². The molecule has 0 bridgehead atoms. The Morgan fingerprint density at radius 2 is 2.00 bits per heavy atom. The number of hydrogen-bond acceptors (Lipinski definition) is 3. The summed E-state index contributed by atoms with van der Waals surface area (Å²) in [6, 6.07) is 9.79. The highest BCUT2D eigenvalue weighted by molar-refractivity contribution is 8.00. The molecule has 1 aromatic heterocycles. The molecule has 1 saturated carbocycles. The number of H-pyrrole nitrogens is 1. The largest absolute Gasteiger partial charge is 0.350 e. The van der Waals surface area contributed by atoms with E-state index >= 15 is 0 Å². The van der Waals surface area contributed by atoms with Crippen LogP contribution in [-0.2, 0) is 4.79 Å². The van der Waals surface area contributed by atoms with Gasteiger partial charge >= 0.3 is 0 Å². The number of thioether (sulfide) groups is 1. The summed E-state index contributed by atoms with van der Waals surface area (Å²) in [6.45, 7) is 2.12. The van der Waals surface area contributed by atoms with Gasteiger partial charge in [0.1, 0.15) is 5.02 Å².